The van der Waals surface area contributed by atoms with Gasteiger partial charge in [-0.1, -0.05) is 18.7 Å². The van der Waals surface area contributed by atoms with Crippen LogP contribution in [0.25, 0.3) is 11.4 Å². The number of aliphatic carboxylic acids is 1. The minimum absolute atomic E-state index is 0.00300. The van der Waals surface area contributed by atoms with E-state index in [1.165, 1.54) is 14.6 Å². The summed E-state index contributed by atoms with van der Waals surface area (Å²) >= 11 is 5.14. The summed E-state index contributed by atoms with van der Waals surface area (Å²) in [5, 5.41) is 19.8. The van der Waals surface area contributed by atoms with Crippen LogP contribution in [-0.4, -0.2) is 31.6 Å². The summed E-state index contributed by atoms with van der Waals surface area (Å²) in [5.74, 6) is -0.0279. The molecular formula is C11H12IN3O2S2. The fraction of sp³-hybridized carbons (Fsp3) is 0.364. The first-order valence-electron chi connectivity index (χ1n) is 5.64. The van der Waals surface area contributed by atoms with Gasteiger partial charge in [-0.25, -0.2) is 0 Å². The van der Waals surface area contributed by atoms with Gasteiger partial charge in [0, 0.05) is 17.5 Å². The number of nitrogens with zero attached hydrogens (tertiary/aromatic N) is 3. The van der Waals surface area contributed by atoms with E-state index < -0.39 is 5.97 Å². The normalized spacial score (nSPS) is 10.8. The molecule has 0 atom stereocenters. The zero-order chi connectivity index (χ0) is 13.8. The molecule has 2 heterocycles. The molecule has 0 radical (unpaired) electrons. The molecule has 2 rings (SSSR count). The Hall–Kier alpha value is -0.610. The number of thiophene rings is 1. The van der Waals surface area contributed by atoms with E-state index in [-0.39, 0.29) is 5.75 Å². The van der Waals surface area contributed by atoms with Crippen molar-refractivity contribution in [2.24, 2.45) is 0 Å². The number of rotatable bonds is 6. The number of thioether (sulfide) groups is 1. The van der Waals surface area contributed by atoms with Crippen LogP contribution in [0, 0.1) is 2.88 Å². The Morgan fingerprint density at radius 3 is 2.95 bits per heavy atom. The van der Waals surface area contributed by atoms with Crippen molar-refractivity contribution in [3.05, 3.63) is 14.3 Å². The van der Waals surface area contributed by atoms with Gasteiger partial charge in [-0.3, -0.25) is 4.79 Å². The van der Waals surface area contributed by atoms with Gasteiger partial charge in [-0.05, 0) is 35.1 Å². The first-order valence-corrected chi connectivity index (χ1v) is 8.58. The first kappa shape index (κ1) is 14.8. The fourth-order valence-electron chi connectivity index (χ4n) is 1.59. The molecule has 1 N–H and O–H groups in total. The van der Waals surface area contributed by atoms with Gasteiger partial charge in [-0.2, -0.15) is 0 Å². The van der Waals surface area contributed by atoms with Gasteiger partial charge < -0.3 is 9.67 Å². The van der Waals surface area contributed by atoms with Crippen molar-refractivity contribution >= 4 is 51.7 Å². The first-order chi connectivity index (χ1) is 9.11. The predicted octanol–water partition coefficient (Wildman–Crippen LogP) is 3.20. The Bertz CT molecular complexity index is 582. The van der Waals surface area contributed by atoms with Crippen molar-refractivity contribution in [2.75, 3.05) is 5.75 Å². The third-order valence-electron chi connectivity index (χ3n) is 2.31. The maximum Gasteiger partial charge on any atom is 0.313 e. The molecule has 0 aliphatic carbocycles. The van der Waals surface area contributed by atoms with Crippen LogP contribution in [0.5, 0.6) is 0 Å². The Kier molecular flexibility index (Phi) is 5.22. The SMILES string of the molecule is CCCn1c(SCC(=O)O)nnc1-c1csc(I)c1. The van der Waals surface area contributed by atoms with E-state index in [0.29, 0.717) is 5.16 Å². The molecule has 2 aromatic rings. The number of hydrogen-bond donors (Lipinski definition) is 1. The smallest absolute Gasteiger partial charge is 0.313 e. The molecule has 0 unspecified atom stereocenters. The Morgan fingerprint density at radius 2 is 2.37 bits per heavy atom. The van der Waals surface area contributed by atoms with E-state index in [9.17, 15) is 4.79 Å². The Morgan fingerprint density at radius 1 is 1.58 bits per heavy atom. The monoisotopic (exact) mass is 409 g/mol. The molecule has 0 saturated heterocycles. The Labute approximate surface area is 132 Å². The number of carbonyl (C=O) groups is 1. The molecule has 0 fully saturated rings. The van der Waals surface area contributed by atoms with Crippen LogP contribution in [0.1, 0.15) is 13.3 Å². The number of hydrogen-bond acceptors (Lipinski definition) is 5. The van der Waals surface area contributed by atoms with Crippen molar-refractivity contribution in [3.63, 3.8) is 0 Å². The molecule has 0 aliphatic heterocycles. The van der Waals surface area contributed by atoms with Crippen LogP contribution < -0.4 is 0 Å². The molecule has 0 aromatic carbocycles. The number of aromatic nitrogens is 3. The number of halogens is 1. The van der Waals surface area contributed by atoms with Crippen molar-refractivity contribution < 1.29 is 9.90 Å². The van der Waals surface area contributed by atoms with Gasteiger partial charge in [0.2, 0.25) is 0 Å². The molecule has 0 aliphatic rings. The zero-order valence-corrected chi connectivity index (χ0v) is 14.0. The minimum atomic E-state index is -0.845. The zero-order valence-electron chi connectivity index (χ0n) is 10.2. The van der Waals surface area contributed by atoms with E-state index in [1.807, 2.05) is 9.95 Å². The molecule has 8 heteroatoms. The molecule has 0 amide bonds. The highest BCUT2D eigenvalue weighted by Gasteiger charge is 2.15. The predicted molar refractivity (Wildman–Crippen MR) is 84.7 cm³/mol. The summed E-state index contributed by atoms with van der Waals surface area (Å²) in [4.78, 5) is 10.6. The van der Waals surface area contributed by atoms with Gasteiger partial charge in [0.15, 0.2) is 11.0 Å². The third-order valence-corrected chi connectivity index (χ3v) is 5.05. The van der Waals surface area contributed by atoms with Gasteiger partial charge in [0.25, 0.3) is 0 Å². The van der Waals surface area contributed by atoms with Crippen LogP contribution in [0.4, 0.5) is 0 Å². The van der Waals surface area contributed by atoms with Crippen LogP contribution in [-0.2, 0) is 11.3 Å². The molecule has 102 valence electrons. The topological polar surface area (TPSA) is 68.0 Å². The number of carboxylic acid groups (broad SMARTS) is 1. The lowest BCUT2D eigenvalue weighted by molar-refractivity contribution is -0.133. The minimum Gasteiger partial charge on any atom is -0.481 e. The molecular weight excluding hydrogens is 397 g/mol. The second-order valence-corrected chi connectivity index (χ2v) is 7.53. The van der Waals surface area contributed by atoms with Gasteiger partial charge in [-0.15, -0.1) is 21.5 Å². The summed E-state index contributed by atoms with van der Waals surface area (Å²) in [6.45, 7) is 2.86. The van der Waals surface area contributed by atoms with Crippen LogP contribution in [0.3, 0.4) is 0 Å². The van der Waals surface area contributed by atoms with Crippen molar-refractivity contribution in [1.82, 2.24) is 14.8 Å². The van der Waals surface area contributed by atoms with Crippen LogP contribution >= 0.6 is 45.7 Å². The van der Waals surface area contributed by atoms with E-state index in [1.54, 1.807) is 11.3 Å². The van der Waals surface area contributed by atoms with Gasteiger partial charge in [0.1, 0.15) is 0 Å². The molecule has 2 aromatic heterocycles. The van der Waals surface area contributed by atoms with Gasteiger partial charge >= 0.3 is 5.97 Å². The summed E-state index contributed by atoms with van der Waals surface area (Å²) in [7, 11) is 0. The fourth-order valence-corrected chi connectivity index (χ4v) is 3.60. The lowest BCUT2D eigenvalue weighted by Crippen LogP contribution is -2.04. The molecule has 0 saturated carbocycles. The van der Waals surface area contributed by atoms with E-state index in [4.69, 9.17) is 5.11 Å². The quantitative estimate of drug-likeness (QED) is 0.586. The molecule has 5 nitrogen and oxygen atoms in total. The summed E-state index contributed by atoms with van der Waals surface area (Å²) in [6.07, 6.45) is 0.951. The lowest BCUT2D eigenvalue weighted by Gasteiger charge is -2.06. The highest BCUT2D eigenvalue weighted by molar-refractivity contribution is 14.1. The molecule has 0 bridgehead atoms. The highest BCUT2D eigenvalue weighted by atomic mass is 127. The Balaban J connectivity index is 2.31. The van der Waals surface area contributed by atoms with Crippen molar-refractivity contribution in [3.8, 4) is 11.4 Å². The van der Waals surface area contributed by atoms with Crippen LogP contribution in [0.2, 0.25) is 0 Å². The third kappa shape index (κ3) is 3.69. The standard InChI is InChI=1S/C11H12IN3O2S2/c1-2-3-15-10(7-4-8(12)18-5-7)13-14-11(15)19-6-9(16)17/h4-5H,2-3,6H2,1H3,(H,16,17). The second kappa shape index (κ2) is 6.71. The summed E-state index contributed by atoms with van der Waals surface area (Å²) in [6, 6.07) is 2.06. The summed E-state index contributed by atoms with van der Waals surface area (Å²) in [5.41, 5.74) is 1.04. The second-order valence-electron chi connectivity index (χ2n) is 3.78. The largest absolute Gasteiger partial charge is 0.481 e. The van der Waals surface area contributed by atoms with E-state index in [2.05, 4.69) is 45.8 Å². The lowest BCUT2D eigenvalue weighted by atomic mass is 10.3. The van der Waals surface area contributed by atoms with Gasteiger partial charge in [0.05, 0.1) is 8.64 Å². The van der Waals surface area contributed by atoms with Crippen molar-refractivity contribution in [2.45, 2.75) is 25.0 Å². The van der Waals surface area contributed by atoms with E-state index in [0.717, 1.165) is 24.4 Å². The highest BCUT2D eigenvalue weighted by Crippen LogP contribution is 2.28. The maximum absolute atomic E-state index is 10.6. The maximum atomic E-state index is 10.6. The van der Waals surface area contributed by atoms with E-state index >= 15 is 0 Å². The summed E-state index contributed by atoms with van der Waals surface area (Å²) < 4.78 is 3.18. The van der Waals surface area contributed by atoms with Crippen molar-refractivity contribution in [1.29, 1.82) is 0 Å². The average Bonchev–Trinajstić information content (AvgIpc) is 2.94. The molecule has 0 spiro atoms. The average molecular weight is 409 g/mol. The number of carboxylic acids is 1. The molecule has 19 heavy (non-hydrogen) atoms. The van der Waals surface area contributed by atoms with Crippen LogP contribution in [0.15, 0.2) is 16.6 Å².